The minimum absolute atomic E-state index is 0.0528. The second kappa shape index (κ2) is 7.89. The molecule has 0 aliphatic heterocycles. The highest BCUT2D eigenvalue weighted by Gasteiger charge is 2.08. The third kappa shape index (κ3) is 5.07. The second-order valence-corrected chi connectivity index (χ2v) is 6.94. The fourth-order valence-corrected chi connectivity index (χ4v) is 3.72. The van der Waals surface area contributed by atoms with Gasteiger partial charge in [-0.15, -0.1) is 11.3 Å². The summed E-state index contributed by atoms with van der Waals surface area (Å²) in [4.78, 5) is 14.8. The van der Waals surface area contributed by atoms with Crippen molar-refractivity contribution >= 4 is 52.3 Å². The van der Waals surface area contributed by atoms with E-state index < -0.39 is 5.97 Å². The number of hydrogen-bond acceptors (Lipinski definition) is 5. The number of nitrogens with zero attached hydrogens (tertiary/aromatic N) is 1. The van der Waals surface area contributed by atoms with Crippen molar-refractivity contribution in [1.82, 2.24) is 4.98 Å². The summed E-state index contributed by atoms with van der Waals surface area (Å²) in [5, 5.41) is 11.4. The summed E-state index contributed by atoms with van der Waals surface area (Å²) in [7, 11) is 0. The Balaban J connectivity index is 1.79. The van der Waals surface area contributed by atoms with E-state index in [1.165, 1.54) is 23.1 Å². The fraction of sp³-hybridized carbons (Fsp3) is 0.231. The summed E-state index contributed by atoms with van der Waals surface area (Å²) < 4.78 is 6.38. The lowest BCUT2D eigenvalue weighted by atomic mass is 10.3. The molecule has 112 valence electrons. The van der Waals surface area contributed by atoms with Crippen LogP contribution >= 0.6 is 46.3 Å². The van der Waals surface area contributed by atoms with Crippen LogP contribution in [0.2, 0.25) is 10.0 Å². The van der Waals surface area contributed by atoms with Gasteiger partial charge in [-0.3, -0.25) is 4.79 Å². The first-order valence-electron chi connectivity index (χ1n) is 5.92. The molecule has 1 aromatic heterocycles. The molecule has 1 N–H and O–H groups in total. The molecule has 2 aromatic rings. The van der Waals surface area contributed by atoms with Gasteiger partial charge in [0.1, 0.15) is 4.34 Å². The zero-order chi connectivity index (χ0) is 15.2. The lowest BCUT2D eigenvalue weighted by Gasteiger charge is -2.08. The number of carbonyl (C=O) groups is 1. The molecule has 0 aliphatic carbocycles. The number of aliphatic carboxylic acids is 1. The summed E-state index contributed by atoms with van der Waals surface area (Å²) in [5.41, 5.74) is 0.574. The number of ether oxygens (including phenoxy) is 1. The Morgan fingerprint density at radius 1 is 1.38 bits per heavy atom. The van der Waals surface area contributed by atoms with E-state index in [1.807, 2.05) is 0 Å². The van der Waals surface area contributed by atoms with Crippen LogP contribution in [-0.2, 0) is 11.2 Å². The predicted octanol–water partition coefficient (Wildman–Crippen LogP) is 4.25. The molecule has 2 rings (SSSR count). The third-order valence-electron chi connectivity index (χ3n) is 2.34. The Hall–Kier alpha value is -0.950. The average molecular weight is 364 g/mol. The third-order valence-corrected chi connectivity index (χ3v) is 4.97. The summed E-state index contributed by atoms with van der Waals surface area (Å²) >= 11 is 14.9. The minimum Gasteiger partial charge on any atom is -0.490 e. The van der Waals surface area contributed by atoms with Crippen LogP contribution in [0.15, 0.2) is 27.9 Å². The maximum Gasteiger partial charge on any atom is 0.309 e. The minimum atomic E-state index is -0.881. The lowest BCUT2D eigenvalue weighted by Crippen LogP contribution is -2.01. The first-order chi connectivity index (χ1) is 10.1. The average Bonchev–Trinajstić information content (AvgIpc) is 2.84. The Bertz CT molecular complexity index is 613. The van der Waals surface area contributed by atoms with E-state index in [0.29, 0.717) is 33.8 Å². The van der Waals surface area contributed by atoms with Crippen molar-refractivity contribution in [3.05, 3.63) is 39.3 Å². The molecule has 1 aromatic carbocycles. The van der Waals surface area contributed by atoms with Crippen LogP contribution < -0.4 is 4.74 Å². The predicted molar refractivity (Wildman–Crippen MR) is 86.1 cm³/mol. The van der Waals surface area contributed by atoms with E-state index in [-0.39, 0.29) is 6.42 Å². The number of benzene rings is 1. The van der Waals surface area contributed by atoms with Gasteiger partial charge in [0, 0.05) is 11.1 Å². The van der Waals surface area contributed by atoms with Crippen LogP contribution in [0.3, 0.4) is 0 Å². The molecule has 0 saturated heterocycles. The Morgan fingerprint density at radius 3 is 2.76 bits per heavy atom. The highest BCUT2D eigenvalue weighted by molar-refractivity contribution is 8.01. The standard InChI is InChI=1S/C13H11Cl2NO3S2/c14-9-2-1-3-10(15)12(9)19-4-5-20-13-16-8(7-21-13)6-11(17)18/h1-3,7H,4-6H2,(H,17,18). The van der Waals surface area contributed by atoms with E-state index in [4.69, 9.17) is 33.0 Å². The van der Waals surface area contributed by atoms with Crippen LogP contribution in [0.25, 0.3) is 0 Å². The van der Waals surface area contributed by atoms with E-state index in [1.54, 1.807) is 23.6 Å². The smallest absolute Gasteiger partial charge is 0.309 e. The van der Waals surface area contributed by atoms with Gasteiger partial charge in [-0.05, 0) is 12.1 Å². The maximum absolute atomic E-state index is 10.6. The molecule has 0 fully saturated rings. The molecule has 1 heterocycles. The summed E-state index contributed by atoms with van der Waals surface area (Å²) in [6.07, 6.45) is -0.0528. The summed E-state index contributed by atoms with van der Waals surface area (Å²) in [5.74, 6) is 0.266. The summed E-state index contributed by atoms with van der Waals surface area (Å²) in [6.45, 7) is 0.433. The van der Waals surface area contributed by atoms with Gasteiger partial charge in [-0.1, -0.05) is 41.0 Å². The van der Waals surface area contributed by atoms with E-state index in [9.17, 15) is 4.79 Å². The quantitative estimate of drug-likeness (QED) is 0.588. The van der Waals surface area contributed by atoms with Crippen molar-refractivity contribution in [3.8, 4) is 5.75 Å². The number of thiazole rings is 1. The van der Waals surface area contributed by atoms with Crippen molar-refractivity contribution in [2.75, 3.05) is 12.4 Å². The Labute approximate surface area is 140 Å². The van der Waals surface area contributed by atoms with Gasteiger partial charge in [0.2, 0.25) is 0 Å². The first kappa shape index (κ1) is 16.4. The van der Waals surface area contributed by atoms with E-state index in [0.717, 1.165) is 4.34 Å². The summed E-state index contributed by atoms with van der Waals surface area (Å²) in [6, 6.07) is 5.19. The zero-order valence-corrected chi connectivity index (χ0v) is 13.9. The van der Waals surface area contributed by atoms with Crippen LogP contribution in [0.1, 0.15) is 5.69 Å². The number of thioether (sulfide) groups is 1. The molecule has 8 heteroatoms. The van der Waals surface area contributed by atoms with Crippen molar-refractivity contribution in [1.29, 1.82) is 0 Å². The molecule has 0 aliphatic rings. The van der Waals surface area contributed by atoms with Gasteiger partial charge < -0.3 is 9.84 Å². The van der Waals surface area contributed by atoms with Gasteiger partial charge in [0.05, 0.1) is 28.8 Å². The number of carboxylic acid groups (broad SMARTS) is 1. The number of aromatic nitrogens is 1. The van der Waals surface area contributed by atoms with Gasteiger partial charge >= 0.3 is 5.97 Å². The number of rotatable bonds is 7. The van der Waals surface area contributed by atoms with Crippen molar-refractivity contribution in [3.63, 3.8) is 0 Å². The van der Waals surface area contributed by atoms with Crippen LogP contribution in [0, 0.1) is 0 Å². The highest BCUT2D eigenvalue weighted by atomic mass is 35.5. The number of hydrogen-bond donors (Lipinski definition) is 1. The molecule has 0 radical (unpaired) electrons. The molecule has 21 heavy (non-hydrogen) atoms. The zero-order valence-electron chi connectivity index (χ0n) is 10.7. The van der Waals surface area contributed by atoms with Gasteiger partial charge in [0.15, 0.2) is 5.75 Å². The van der Waals surface area contributed by atoms with Crippen LogP contribution in [0.5, 0.6) is 5.75 Å². The maximum atomic E-state index is 10.6. The Morgan fingerprint density at radius 2 is 2.10 bits per heavy atom. The molecular weight excluding hydrogens is 353 g/mol. The highest BCUT2D eigenvalue weighted by Crippen LogP contribution is 2.32. The number of carboxylic acids is 1. The van der Waals surface area contributed by atoms with Gasteiger partial charge in [0.25, 0.3) is 0 Å². The fourth-order valence-electron chi connectivity index (χ4n) is 1.48. The second-order valence-electron chi connectivity index (χ2n) is 3.92. The molecule has 0 unspecified atom stereocenters. The molecule has 0 bridgehead atoms. The van der Waals surface area contributed by atoms with Crippen LogP contribution in [0.4, 0.5) is 0 Å². The first-order valence-corrected chi connectivity index (χ1v) is 8.54. The number of halogens is 2. The monoisotopic (exact) mass is 363 g/mol. The largest absolute Gasteiger partial charge is 0.490 e. The SMILES string of the molecule is O=C(O)Cc1csc(SCCOc2c(Cl)cccc2Cl)n1. The lowest BCUT2D eigenvalue weighted by molar-refractivity contribution is -0.136. The van der Waals surface area contributed by atoms with Crippen molar-refractivity contribution in [2.45, 2.75) is 10.8 Å². The number of para-hydroxylation sites is 1. The molecular formula is C13H11Cl2NO3S2. The van der Waals surface area contributed by atoms with Crippen molar-refractivity contribution < 1.29 is 14.6 Å². The topological polar surface area (TPSA) is 59.4 Å². The molecule has 0 saturated carbocycles. The van der Waals surface area contributed by atoms with Gasteiger partial charge in [-0.25, -0.2) is 4.98 Å². The van der Waals surface area contributed by atoms with Crippen LogP contribution in [-0.4, -0.2) is 28.4 Å². The van der Waals surface area contributed by atoms with Gasteiger partial charge in [-0.2, -0.15) is 0 Å². The molecule has 4 nitrogen and oxygen atoms in total. The molecule has 0 atom stereocenters. The normalized spacial score (nSPS) is 10.6. The molecule has 0 amide bonds. The van der Waals surface area contributed by atoms with Crippen molar-refractivity contribution in [2.24, 2.45) is 0 Å². The molecule has 0 spiro atoms. The van der Waals surface area contributed by atoms with E-state index in [2.05, 4.69) is 4.98 Å². The van der Waals surface area contributed by atoms with E-state index >= 15 is 0 Å². The Kier molecular flexibility index (Phi) is 6.17.